The van der Waals surface area contributed by atoms with Crippen molar-refractivity contribution in [3.8, 4) is 0 Å². The molecule has 2 amide bonds. The van der Waals surface area contributed by atoms with Gasteiger partial charge in [-0.2, -0.15) is 0 Å². The maximum atomic E-state index is 12.6. The Balaban J connectivity index is 1.75. The van der Waals surface area contributed by atoms with Crippen molar-refractivity contribution in [3.63, 3.8) is 0 Å². The number of nitro groups is 1. The summed E-state index contributed by atoms with van der Waals surface area (Å²) in [5.41, 5.74) is 1.11. The Morgan fingerprint density at radius 1 is 1.04 bits per heavy atom. The number of nitro benzene ring substituents is 1. The Morgan fingerprint density at radius 3 is 2.44 bits per heavy atom. The molecule has 0 spiro atoms. The number of carbonyl (C=O) groups excluding carboxylic acids is 2. The van der Waals surface area contributed by atoms with Crippen molar-refractivity contribution in [2.75, 3.05) is 18.4 Å². The molecule has 138 valence electrons. The van der Waals surface area contributed by atoms with Crippen molar-refractivity contribution < 1.29 is 14.5 Å². The van der Waals surface area contributed by atoms with E-state index < -0.39 is 10.8 Å². The number of para-hydroxylation sites is 2. The van der Waals surface area contributed by atoms with Crippen LogP contribution in [0.3, 0.4) is 0 Å². The minimum Gasteiger partial charge on any atom is -0.339 e. The van der Waals surface area contributed by atoms with Gasteiger partial charge in [-0.05, 0) is 37.1 Å². The van der Waals surface area contributed by atoms with Gasteiger partial charge >= 0.3 is 0 Å². The van der Waals surface area contributed by atoms with Gasteiger partial charge in [0.1, 0.15) is 0 Å². The Kier molecular flexibility index (Phi) is 5.61. The fourth-order valence-electron chi connectivity index (χ4n) is 3.00. The maximum absolute atomic E-state index is 12.6. The maximum Gasteiger partial charge on any atom is 0.276 e. The number of rotatable bonds is 5. The fourth-order valence-corrected chi connectivity index (χ4v) is 3.00. The summed E-state index contributed by atoms with van der Waals surface area (Å²) >= 11 is 0. The third-order valence-electron chi connectivity index (χ3n) is 4.36. The number of benzene rings is 2. The highest BCUT2D eigenvalue weighted by molar-refractivity contribution is 6.07. The van der Waals surface area contributed by atoms with Gasteiger partial charge in [-0.3, -0.25) is 19.7 Å². The van der Waals surface area contributed by atoms with Crippen molar-refractivity contribution in [2.24, 2.45) is 0 Å². The first-order chi connectivity index (χ1) is 13.1. The standard InChI is InChI=1S/C20H19N3O4/c24-19(12-11-15-7-1-4-10-18(15)23(26)27)21-17-9-3-2-8-16(17)20(25)22-13-5-6-14-22/h1-4,7-12H,5-6,13-14H2,(H,21,24). The van der Waals surface area contributed by atoms with E-state index >= 15 is 0 Å². The molecule has 27 heavy (non-hydrogen) atoms. The van der Waals surface area contributed by atoms with E-state index in [1.54, 1.807) is 47.4 Å². The zero-order valence-electron chi connectivity index (χ0n) is 14.6. The molecule has 0 bridgehead atoms. The van der Waals surface area contributed by atoms with Gasteiger partial charge in [0.25, 0.3) is 11.6 Å². The lowest BCUT2D eigenvalue weighted by molar-refractivity contribution is -0.385. The number of nitrogens with one attached hydrogen (secondary N) is 1. The second-order valence-electron chi connectivity index (χ2n) is 6.18. The molecule has 1 fully saturated rings. The van der Waals surface area contributed by atoms with Crippen LogP contribution < -0.4 is 5.32 Å². The van der Waals surface area contributed by atoms with Crippen LogP contribution in [-0.4, -0.2) is 34.7 Å². The van der Waals surface area contributed by atoms with Crippen LogP contribution in [0.25, 0.3) is 6.08 Å². The average Bonchev–Trinajstić information content (AvgIpc) is 3.21. The van der Waals surface area contributed by atoms with E-state index in [9.17, 15) is 19.7 Å². The van der Waals surface area contributed by atoms with Crippen LogP contribution in [-0.2, 0) is 4.79 Å². The molecule has 0 atom stereocenters. The second-order valence-corrected chi connectivity index (χ2v) is 6.18. The summed E-state index contributed by atoms with van der Waals surface area (Å²) in [5, 5.41) is 13.7. The lowest BCUT2D eigenvalue weighted by atomic mass is 10.1. The highest BCUT2D eigenvalue weighted by Gasteiger charge is 2.22. The van der Waals surface area contributed by atoms with Gasteiger partial charge < -0.3 is 10.2 Å². The molecule has 0 radical (unpaired) electrons. The van der Waals surface area contributed by atoms with Crippen LogP contribution in [0, 0.1) is 10.1 Å². The summed E-state index contributed by atoms with van der Waals surface area (Å²) in [6, 6.07) is 13.0. The predicted octanol–water partition coefficient (Wildman–Crippen LogP) is 3.48. The third-order valence-corrected chi connectivity index (χ3v) is 4.36. The van der Waals surface area contributed by atoms with Gasteiger partial charge in [0.05, 0.1) is 21.7 Å². The van der Waals surface area contributed by atoms with Gasteiger partial charge in [0.15, 0.2) is 0 Å². The Labute approximate surface area is 156 Å². The van der Waals surface area contributed by atoms with Gasteiger partial charge in [0, 0.05) is 25.2 Å². The number of likely N-dealkylation sites (tertiary alicyclic amines) is 1. The van der Waals surface area contributed by atoms with Gasteiger partial charge in [0.2, 0.25) is 5.91 Å². The third kappa shape index (κ3) is 4.38. The van der Waals surface area contributed by atoms with E-state index in [0.29, 0.717) is 16.8 Å². The number of hydrogen-bond donors (Lipinski definition) is 1. The summed E-state index contributed by atoms with van der Waals surface area (Å²) in [6.45, 7) is 1.44. The number of carbonyl (C=O) groups is 2. The molecule has 1 heterocycles. The minimum atomic E-state index is -0.498. The Bertz CT molecular complexity index is 902. The smallest absolute Gasteiger partial charge is 0.276 e. The highest BCUT2D eigenvalue weighted by atomic mass is 16.6. The molecule has 1 saturated heterocycles. The molecule has 7 nitrogen and oxygen atoms in total. The van der Waals surface area contributed by atoms with Crippen LogP contribution in [0.1, 0.15) is 28.8 Å². The summed E-state index contributed by atoms with van der Waals surface area (Å²) < 4.78 is 0. The van der Waals surface area contributed by atoms with Crippen molar-refractivity contribution in [2.45, 2.75) is 12.8 Å². The van der Waals surface area contributed by atoms with Crippen LogP contribution >= 0.6 is 0 Å². The van der Waals surface area contributed by atoms with E-state index in [1.165, 1.54) is 18.2 Å². The topological polar surface area (TPSA) is 92.5 Å². The molecule has 0 saturated carbocycles. The molecule has 1 N–H and O–H groups in total. The van der Waals surface area contributed by atoms with Crippen LogP contribution in [0.4, 0.5) is 11.4 Å². The molecular weight excluding hydrogens is 346 g/mol. The summed E-state index contributed by atoms with van der Waals surface area (Å²) in [5.74, 6) is -0.569. The quantitative estimate of drug-likeness (QED) is 0.499. The lowest BCUT2D eigenvalue weighted by Gasteiger charge is -2.17. The predicted molar refractivity (Wildman–Crippen MR) is 102 cm³/mol. The first-order valence-electron chi connectivity index (χ1n) is 8.67. The minimum absolute atomic E-state index is 0.0776. The van der Waals surface area contributed by atoms with Crippen molar-refractivity contribution in [3.05, 3.63) is 75.8 Å². The van der Waals surface area contributed by atoms with Crippen LogP contribution in [0.15, 0.2) is 54.6 Å². The molecule has 2 aromatic carbocycles. The second kappa shape index (κ2) is 8.27. The summed E-state index contributed by atoms with van der Waals surface area (Å²) in [6.07, 6.45) is 4.58. The molecule has 2 aromatic rings. The largest absolute Gasteiger partial charge is 0.339 e. The number of anilines is 1. The zero-order chi connectivity index (χ0) is 19.2. The Morgan fingerprint density at radius 2 is 1.70 bits per heavy atom. The Hall–Kier alpha value is -3.48. The molecule has 3 rings (SSSR count). The number of nitrogens with zero attached hydrogens (tertiary/aromatic N) is 2. The molecule has 1 aliphatic heterocycles. The van der Waals surface area contributed by atoms with Crippen molar-refractivity contribution in [1.29, 1.82) is 0 Å². The SMILES string of the molecule is O=C(C=Cc1ccccc1[N+](=O)[O-])Nc1ccccc1C(=O)N1CCCC1. The molecular formula is C20H19N3O4. The lowest BCUT2D eigenvalue weighted by Crippen LogP contribution is -2.28. The van der Waals surface area contributed by atoms with Gasteiger partial charge in [-0.1, -0.05) is 24.3 Å². The van der Waals surface area contributed by atoms with E-state index in [-0.39, 0.29) is 11.6 Å². The monoisotopic (exact) mass is 365 g/mol. The van der Waals surface area contributed by atoms with Crippen molar-refractivity contribution >= 4 is 29.3 Å². The normalized spacial score (nSPS) is 13.7. The average molecular weight is 365 g/mol. The van der Waals surface area contributed by atoms with Crippen molar-refractivity contribution in [1.82, 2.24) is 4.90 Å². The number of hydrogen-bond acceptors (Lipinski definition) is 4. The fraction of sp³-hybridized carbons (Fsp3) is 0.200. The molecule has 0 aliphatic carbocycles. The number of amides is 2. The zero-order valence-corrected chi connectivity index (χ0v) is 14.6. The first kappa shape index (κ1) is 18.3. The molecule has 0 aromatic heterocycles. The van der Waals surface area contributed by atoms with E-state index in [2.05, 4.69) is 5.32 Å². The van der Waals surface area contributed by atoms with Gasteiger partial charge in [-0.25, -0.2) is 0 Å². The first-order valence-corrected chi connectivity index (χ1v) is 8.67. The summed E-state index contributed by atoms with van der Waals surface area (Å²) in [7, 11) is 0. The van der Waals surface area contributed by atoms with E-state index in [4.69, 9.17) is 0 Å². The summed E-state index contributed by atoms with van der Waals surface area (Å²) in [4.78, 5) is 37.2. The van der Waals surface area contributed by atoms with Crippen LogP contribution in [0.2, 0.25) is 0 Å². The highest BCUT2D eigenvalue weighted by Crippen LogP contribution is 2.21. The van der Waals surface area contributed by atoms with E-state index in [1.807, 2.05) is 0 Å². The molecule has 1 aliphatic rings. The molecule has 0 unspecified atom stereocenters. The van der Waals surface area contributed by atoms with Gasteiger partial charge in [-0.15, -0.1) is 0 Å². The van der Waals surface area contributed by atoms with Crippen LogP contribution in [0.5, 0.6) is 0 Å². The van der Waals surface area contributed by atoms with E-state index in [0.717, 1.165) is 25.9 Å². The molecule has 7 heteroatoms.